The van der Waals surface area contributed by atoms with Crippen molar-refractivity contribution in [2.24, 2.45) is 5.41 Å². The predicted octanol–water partition coefficient (Wildman–Crippen LogP) is 1.33. The van der Waals surface area contributed by atoms with Crippen LogP contribution >= 0.6 is 0 Å². The molecular formula is C8H12O2. The van der Waals surface area contributed by atoms with Gasteiger partial charge in [-0.15, -0.1) is 0 Å². The van der Waals surface area contributed by atoms with E-state index in [1.54, 1.807) is 13.8 Å². The quantitative estimate of drug-likeness (QED) is 0.476. The van der Waals surface area contributed by atoms with Gasteiger partial charge in [-0.1, -0.05) is 0 Å². The third-order valence-electron chi connectivity index (χ3n) is 2.20. The fourth-order valence-corrected chi connectivity index (χ4v) is 1.19. The topological polar surface area (TPSA) is 34.1 Å². The van der Waals surface area contributed by atoms with Crippen LogP contribution in [0.2, 0.25) is 0 Å². The zero-order valence-corrected chi connectivity index (χ0v) is 6.44. The Labute approximate surface area is 60.6 Å². The second kappa shape index (κ2) is 2.19. The highest BCUT2D eigenvalue weighted by Crippen LogP contribution is 2.28. The van der Waals surface area contributed by atoms with Crippen LogP contribution in [0.25, 0.3) is 0 Å². The van der Waals surface area contributed by atoms with Gasteiger partial charge in [0.25, 0.3) is 0 Å². The number of Topliss-reactive ketones (excluding diaryl/α,β-unsaturated/α-hetero) is 2. The molecular weight excluding hydrogens is 128 g/mol. The highest BCUT2D eigenvalue weighted by Gasteiger charge is 2.37. The van der Waals surface area contributed by atoms with E-state index in [1.165, 1.54) is 0 Å². The molecule has 0 aliphatic heterocycles. The van der Waals surface area contributed by atoms with Crippen LogP contribution in [-0.4, -0.2) is 11.6 Å². The Balaban J connectivity index is 2.83. The summed E-state index contributed by atoms with van der Waals surface area (Å²) in [6.07, 6.45) is 1.92. The van der Waals surface area contributed by atoms with Gasteiger partial charge in [0.2, 0.25) is 0 Å². The lowest BCUT2D eigenvalue weighted by molar-refractivity contribution is -0.141. The Morgan fingerprint density at radius 1 is 1.10 bits per heavy atom. The minimum Gasteiger partial charge on any atom is -0.299 e. The summed E-state index contributed by atoms with van der Waals surface area (Å²) >= 11 is 0. The Morgan fingerprint density at radius 2 is 1.50 bits per heavy atom. The molecule has 0 N–H and O–H groups in total. The lowest BCUT2D eigenvalue weighted by Gasteiger charge is -2.25. The van der Waals surface area contributed by atoms with Gasteiger partial charge in [0.15, 0.2) is 0 Å². The summed E-state index contributed by atoms with van der Waals surface area (Å²) in [6.45, 7) is 3.44. The van der Waals surface area contributed by atoms with Crippen molar-refractivity contribution in [3.63, 3.8) is 0 Å². The number of rotatable bonds is 0. The molecule has 0 atom stereocenters. The van der Waals surface area contributed by atoms with E-state index < -0.39 is 5.41 Å². The predicted molar refractivity (Wildman–Crippen MR) is 37.6 cm³/mol. The third-order valence-corrected chi connectivity index (χ3v) is 2.20. The Hall–Kier alpha value is -0.660. The van der Waals surface area contributed by atoms with E-state index in [0.29, 0.717) is 12.8 Å². The van der Waals surface area contributed by atoms with Gasteiger partial charge in [-0.25, -0.2) is 0 Å². The van der Waals surface area contributed by atoms with Gasteiger partial charge in [-0.05, 0) is 20.3 Å². The zero-order valence-electron chi connectivity index (χ0n) is 6.44. The second-order valence-electron chi connectivity index (χ2n) is 3.32. The summed E-state index contributed by atoms with van der Waals surface area (Å²) in [5.41, 5.74) is -0.682. The van der Waals surface area contributed by atoms with Gasteiger partial charge >= 0.3 is 0 Å². The van der Waals surface area contributed by atoms with Crippen LogP contribution in [0.15, 0.2) is 0 Å². The van der Waals surface area contributed by atoms with E-state index in [9.17, 15) is 9.59 Å². The smallest absolute Gasteiger partial charge is 0.145 e. The van der Waals surface area contributed by atoms with Crippen LogP contribution in [0, 0.1) is 5.41 Å². The maximum atomic E-state index is 11.1. The summed E-state index contributed by atoms with van der Waals surface area (Å²) in [5, 5.41) is 0. The molecule has 0 aromatic heterocycles. The van der Waals surface area contributed by atoms with E-state index >= 15 is 0 Å². The van der Waals surface area contributed by atoms with Crippen LogP contribution in [-0.2, 0) is 9.59 Å². The molecule has 0 saturated heterocycles. The largest absolute Gasteiger partial charge is 0.299 e. The number of hydrogen-bond donors (Lipinski definition) is 0. The zero-order chi connectivity index (χ0) is 7.78. The summed E-state index contributed by atoms with van der Waals surface area (Å²) in [5.74, 6) is 0.201. The number of carbonyl (C=O) groups excluding carboxylic acids is 2. The molecule has 1 rings (SSSR count). The molecule has 0 bridgehead atoms. The molecule has 2 heteroatoms. The molecule has 0 radical (unpaired) electrons. The average molecular weight is 140 g/mol. The van der Waals surface area contributed by atoms with Crippen LogP contribution in [0.5, 0.6) is 0 Å². The van der Waals surface area contributed by atoms with E-state index in [4.69, 9.17) is 0 Å². The Kier molecular flexibility index (Phi) is 1.63. The standard InChI is InChI=1S/C8H12O2/c1-8(2)6(9)4-3-5-7(8)10/h3-5H2,1-2H3. The van der Waals surface area contributed by atoms with Crippen molar-refractivity contribution in [2.45, 2.75) is 33.1 Å². The molecule has 1 aliphatic carbocycles. The fourth-order valence-electron chi connectivity index (χ4n) is 1.19. The van der Waals surface area contributed by atoms with Crippen LogP contribution in [0.4, 0.5) is 0 Å². The lowest BCUT2D eigenvalue weighted by atomic mass is 9.75. The van der Waals surface area contributed by atoms with Gasteiger partial charge in [0.1, 0.15) is 11.6 Å². The first-order valence-electron chi connectivity index (χ1n) is 3.62. The van der Waals surface area contributed by atoms with Crippen molar-refractivity contribution in [2.75, 3.05) is 0 Å². The highest BCUT2D eigenvalue weighted by molar-refractivity contribution is 6.07. The molecule has 56 valence electrons. The first-order chi connectivity index (χ1) is 4.55. The van der Waals surface area contributed by atoms with Gasteiger partial charge < -0.3 is 0 Å². The van der Waals surface area contributed by atoms with Gasteiger partial charge in [0, 0.05) is 12.8 Å². The lowest BCUT2D eigenvalue weighted by Crippen LogP contribution is -2.36. The second-order valence-corrected chi connectivity index (χ2v) is 3.32. The number of ketones is 2. The van der Waals surface area contributed by atoms with Crippen molar-refractivity contribution in [1.82, 2.24) is 0 Å². The molecule has 0 spiro atoms. The first-order valence-corrected chi connectivity index (χ1v) is 3.62. The maximum Gasteiger partial charge on any atom is 0.145 e. The molecule has 1 fully saturated rings. The molecule has 10 heavy (non-hydrogen) atoms. The van der Waals surface area contributed by atoms with Crippen molar-refractivity contribution in [3.05, 3.63) is 0 Å². The summed E-state index contributed by atoms with van der Waals surface area (Å²) in [4.78, 5) is 22.2. The molecule has 0 amide bonds. The van der Waals surface area contributed by atoms with Crippen molar-refractivity contribution < 1.29 is 9.59 Å². The van der Waals surface area contributed by atoms with E-state index in [1.807, 2.05) is 0 Å². The van der Waals surface area contributed by atoms with Crippen molar-refractivity contribution in [3.8, 4) is 0 Å². The first kappa shape index (κ1) is 7.45. The number of carbonyl (C=O) groups is 2. The Bertz CT molecular complexity index is 162. The van der Waals surface area contributed by atoms with Crippen LogP contribution in [0.1, 0.15) is 33.1 Å². The summed E-state index contributed by atoms with van der Waals surface area (Å²) in [6, 6.07) is 0. The SMILES string of the molecule is CC1(C)C(=O)CCCC1=O. The fraction of sp³-hybridized carbons (Fsp3) is 0.750. The molecule has 1 aliphatic rings. The Morgan fingerprint density at radius 3 is 1.80 bits per heavy atom. The average Bonchev–Trinajstić information content (AvgIpc) is 1.84. The van der Waals surface area contributed by atoms with E-state index in [-0.39, 0.29) is 11.6 Å². The number of hydrogen-bond acceptors (Lipinski definition) is 2. The van der Waals surface area contributed by atoms with Crippen molar-refractivity contribution >= 4 is 11.6 Å². The maximum absolute atomic E-state index is 11.1. The van der Waals surface area contributed by atoms with Gasteiger partial charge in [-0.3, -0.25) is 9.59 Å². The monoisotopic (exact) mass is 140 g/mol. The van der Waals surface area contributed by atoms with Gasteiger partial charge in [-0.2, -0.15) is 0 Å². The third kappa shape index (κ3) is 0.981. The minimum absolute atomic E-state index is 0.101. The summed E-state index contributed by atoms with van der Waals surface area (Å²) in [7, 11) is 0. The molecule has 0 heterocycles. The molecule has 0 aromatic rings. The van der Waals surface area contributed by atoms with Crippen LogP contribution in [0.3, 0.4) is 0 Å². The normalized spacial score (nSPS) is 25.0. The molecule has 0 aromatic carbocycles. The van der Waals surface area contributed by atoms with Crippen LogP contribution < -0.4 is 0 Å². The highest BCUT2D eigenvalue weighted by atomic mass is 16.2. The minimum atomic E-state index is -0.682. The summed E-state index contributed by atoms with van der Waals surface area (Å²) < 4.78 is 0. The molecule has 2 nitrogen and oxygen atoms in total. The van der Waals surface area contributed by atoms with Crippen molar-refractivity contribution in [1.29, 1.82) is 0 Å². The van der Waals surface area contributed by atoms with E-state index in [0.717, 1.165) is 6.42 Å². The molecule has 1 saturated carbocycles. The van der Waals surface area contributed by atoms with Gasteiger partial charge in [0.05, 0.1) is 5.41 Å². The molecule has 0 unspecified atom stereocenters. The van der Waals surface area contributed by atoms with E-state index in [2.05, 4.69) is 0 Å².